The lowest BCUT2D eigenvalue weighted by atomic mass is 9.99. The third kappa shape index (κ3) is 4.85. The van der Waals surface area contributed by atoms with Crippen molar-refractivity contribution in [2.45, 2.75) is 25.6 Å². The minimum Gasteiger partial charge on any atom is -0.442 e. The van der Waals surface area contributed by atoms with Gasteiger partial charge in [0.2, 0.25) is 0 Å². The summed E-state index contributed by atoms with van der Waals surface area (Å²) in [6.45, 7) is 5.49. The average Bonchev–Trinajstić information content (AvgIpc) is 2.46. The fourth-order valence-electron chi connectivity index (χ4n) is 1.69. The molecule has 120 valence electrons. The highest BCUT2D eigenvalue weighted by molar-refractivity contribution is 5.67. The lowest BCUT2D eigenvalue weighted by Gasteiger charge is -2.20. The number of nitro benzene ring substituents is 1. The normalized spacial score (nSPS) is 13.1. The summed E-state index contributed by atoms with van der Waals surface area (Å²) >= 11 is 0. The monoisotopic (exact) mass is 308 g/mol. The number of hydrogen-bond donors (Lipinski definition) is 1. The van der Waals surface area contributed by atoms with Crippen LogP contribution in [-0.2, 0) is 4.74 Å². The van der Waals surface area contributed by atoms with Crippen molar-refractivity contribution in [3.05, 3.63) is 52.1 Å². The van der Waals surface area contributed by atoms with Gasteiger partial charge in [-0.3, -0.25) is 10.1 Å². The number of ether oxygens (including phenoxy) is 1. The Hall–Kier alpha value is -2.41. The molecule has 0 fully saturated rings. The first-order valence-corrected chi connectivity index (χ1v) is 6.70. The number of amides is 1. The van der Waals surface area contributed by atoms with Crippen LogP contribution in [0, 0.1) is 10.1 Å². The summed E-state index contributed by atoms with van der Waals surface area (Å²) in [5.41, 5.74) is 1.06. The van der Waals surface area contributed by atoms with Crippen LogP contribution in [0.3, 0.4) is 0 Å². The molecule has 2 atom stereocenters. The number of aliphatic hydroxyl groups excluding tert-OH is 1. The predicted molar refractivity (Wildman–Crippen MR) is 81.4 cm³/mol. The van der Waals surface area contributed by atoms with Crippen molar-refractivity contribution in [2.24, 2.45) is 0 Å². The standard InChI is InChI=1S/C15H20N2O5/c1-10(11(2)22-15(19)16(3)4)9-14(18)12-5-7-13(8-6-12)17(20)21/h5-8,11,14,18H,1,9H2,2-4H3/t11-,14+/m1/s1. The molecule has 0 bridgehead atoms. The van der Waals surface area contributed by atoms with Crippen LogP contribution < -0.4 is 0 Å². The van der Waals surface area contributed by atoms with Crippen molar-refractivity contribution >= 4 is 11.8 Å². The van der Waals surface area contributed by atoms with Gasteiger partial charge in [0.05, 0.1) is 11.0 Å². The second-order valence-corrected chi connectivity index (χ2v) is 5.15. The van der Waals surface area contributed by atoms with Gasteiger partial charge >= 0.3 is 6.09 Å². The second-order valence-electron chi connectivity index (χ2n) is 5.15. The number of rotatable bonds is 6. The van der Waals surface area contributed by atoms with Gasteiger partial charge in [-0.15, -0.1) is 0 Å². The Morgan fingerprint density at radius 3 is 2.41 bits per heavy atom. The van der Waals surface area contributed by atoms with Crippen molar-refractivity contribution in [3.8, 4) is 0 Å². The topological polar surface area (TPSA) is 92.9 Å². The molecule has 1 aromatic carbocycles. The maximum absolute atomic E-state index is 11.5. The third-order valence-corrected chi connectivity index (χ3v) is 3.16. The van der Waals surface area contributed by atoms with E-state index in [4.69, 9.17) is 4.74 Å². The molecule has 0 unspecified atom stereocenters. The van der Waals surface area contributed by atoms with Gasteiger partial charge in [0.25, 0.3) is 5.69 Å². The van der Waals surface area contributed by atoms with E-state index in [1.54, 1.807) is 21.0 Å². The number of nitro groups is 1. The van der Waals surface area contributed by atoms with Gasteiger partial charge in [0.1, 0.15) is 6.10 Å². The molecule has 1 rings (SSSR count). The zero-order valence-corrected chi connectivity index (χ0v) is 12.9. The minimum atomic E-state index is -0.867. The van der Waals surface area contributed by atoms with Crippen LogP contribution in [0.4, 0.5) is 10.5 Å². The van der Waals surface area contributed by atoms with Gasteiger partial charge in [0.15, 0.2) is 0 Å². The van der Waals surface area contributed by atoms with E-state index in [0.29, 0.717) is 11.1 Å². The number of benzene rings is 1. The van der Waals surface area contributed by atoms with Crippen molar-refractivity contribution in [3.63, 3.8) is 0 Å². The van der Waals surface area contributed by atoms with Crippen LogP contribution in [0.25, 0.3) is 0 Å². The first kappa shape index (κ1) is 17.6. The molecule has 0 spiro atoms. The van der Waals surface area contributed by atoms with Crippen molar-refractivity contribution < 1.29 is 19.6 Å². The fraction of sp³-hybridized carbons (Fsp3) is 0.400. The lowest BCUT2D eigenvalue weighted by Crippen LogP contribution is -2.27. The Morgan fingerprint density at radius 2 is 1.95 bits per heavy atom. The number of carbonyl (C=O) groups is 1. The van der Waals surface area contributed by atoms with Crippen molar-refractivity contribution in [2.75, 3.05) is 14.1 Å². The van der Waals surface area contributed by atoms with E-state index in [-0.39, 0.29) is 12.1 Å². The molecule has 22 heavy (non-hydrogen) atoms. The first-order chi connectivity index (χ1) is 10.2. The van der Waals surface area contributed by atoms with E-state index in [1.165, 1.54) is 29.2 Å². The van der Waals surface area contributed by atoms with E-state index in [0.717, 1.165) is 0 Å². The first-order valence-electron chi connectivity index (χ1n) is 6.70. The number of aliphatic hydroxyl groups is 1. The Labute approximate surface area is 129 Å². The summed E-state index contributed by atoms with van der Waals surface area (Å²) in [5.74, 6) is 0. The number of nitrogens with zero attached hydrogens (tertiary/aromatic N) is 2. The summed E-state index contributed by atoms with van der Waals surface area (Å²) in [6, 6.07) is 5.65. The van der Waals surface area contributed by atoms with E-state index in [2.05, 4.69) is 6.58 Å². The molecule has 0 aliphatic carbocycles. The van der Waals surface area contributed by atoms with Gasteiger partial charge in [-0.2, -0.15) is 0 Å². The molecular weight excluding hydrogens is 288 g/mol. The van der Waals surface area contributed by atoms with Crippen molar-refractivity contribution in [1.82, 2.24) is 4.90 Å². The summed E-state index contributed by atoms with van der Waals surface area (Å²) < 4.78 is 5.15. The molecule has 0 saturated carbocycles. The van der Waals surface area contributed by atoms with Gasteiger partial charge < -0.3 is 14.7 Å². The molecule has 0 radical (unpaired) electrons. The Kier molecular flexibility index (Phi) is 6.06. The largest absolute Gasteiger partial charge is 0.442 e. The van der Waals surface area contributed by atoms with Gasteiger partial charge in [-0.1, -0.05) is 6.58 Å². The Bertz CT molecular complexity index is 554. The highest BCUT2D eigenvalue weighted by Gasteiger charge is 2.18. The molecule has 0 heterocycles. The van der Waals surface area contributed by atoms with Crippen LogP contribution >= 0.6 is 0 Å². The molecule has 0 aliphatic rings. The van der Waals surface area contributed by atoms with Crippen LogP contribution in [0.5, 0.6) is 0 Å². The van der Waals surface area contributed by atoms with Crippen LogP contribution in [0.2, 0.25) is 0 Å². The van der Waals surface area contributed by atoms with Crippen LogP contribution in [0.1, 0.15) is 25.0 Å². The molecule has 0 aliphatic heterocycles. The van der Waals surface area contributed by atoms with Gasteiger partial charge in [-0.05, 0) is 30.2 Å². The Morgan fingerprint density at radius 1 is 1.41 bits per heavy atom. The smallest absolute Gasteiger partial charge is 0.409 e. The minimum absolute atomic E-state index is 0.0388. The molecule has 7 nitrogen and oxygen atoms in total. The number of hydrogen-bond acceptors (Lipinski definition) is 5. The molecule has 1 N–H and O–H groups in total. The third-order valence-electron chi connectivity index (χ3n) is 3.16. The molecule has 1 aromatic rings. The number of non-ortho nitro benzene ring substituents is 1. The summed E-state index contributed by atoms with van der Waals surface area (Å²) in [5, 5.41) is 20.7. The van der Waals surface area contributed by atoms with E-state index in [1.807, 2.05) is 0 Å². The van der Waals surface area contributed by atoms with Crippen LogP contribution in [-0.4, -0.2) is 41.2 Å². The second kappa shape index (κ2) is 7.56. The SMILES string of the molecule is C=C(C[C@H](O)c1ccc([N+](=O)[O-])cc1)[C@@H](C)OC(=O)N(C)C. The maximum atomic E-state index is 11.5. The molecular formula is C15H20N2O5. The molecule has 1 amide bonds. The Balaban J connectivity index is 2.63. The zero-order chi connectivity index (χ0) is 16.9. The van der Waals surface area contributed by atoms with Gasteiger partial charge in [0, 0.05) is 32.6 Å². The highest BCUT2D eigenvalue weighted by Crippen LogP contribution is 2.24. The highest BCUT2D eigenvalue weighted by atomic mass is 16.6. The molecule has 0 saturated heterocycles. The quantitative estimate of drug-likeness (QED) is 0.495. The summed E-state index contributed by atoms with van der Waals surface area (Å²) in [6.07, 6.45) is -1.70. The maximum Gasteiger partial charge on any atom is 0.409 e. The van der Waals surface area contributed by atoms with Gasteiger partial charge in [-0.25, -0.2) is 4.79 Å². The number of carbonyl (C=O) groups excluding carboxylic acids is 1. The van der Waals surface area contributed by atoms with E-state index >= 15 is 0 Å². The molecule has 0 aromatic heterocycles. The average molecular weight is 308 g/mol. The van der Waals surface area contributed by atoms with E-state index in [9.17, 15) is 20.0 Å². The lowest BCUT2D eigenvalue weighted by molar-refractivity contribution is -0.384. The summed E-state index contributed by atoms with van der Waals surface area (Å²) in [7, 11) is 3.15. The van der Waals surface area contributed by atoms with Crippen LogP contribution in [0.15, 0.2) is 36.4 Å². The van der Waals surface area contributed by atoms with Crippen molar-refractivity contribution in [1.29, 1.82) is 0 Å². The predicted octanol–water partition coefficient (Wildman–Crippen LogP) is 2.66. The fourth-order valence-corrected chi connectivity index (χ4v) is 1.69. The zero-order valence-electron chi connectivity index (χ0n) is 12.9. The summed E-state index contributed by atoms with van der Waals surface area (Å²) in [4.78, 5) is 22.8. The molecule has 7 heteroatoms. The van der Waals surface area contributed by atoms with E-state index < -0.39 is 23.2 Å².